The molecule has 2 atom stereocenters. The summed E-state index contributed by atoms with van der Waals surface area (Å²) in [5, 5.41) is 12.3. The third-order valence-corrected chi connectivity index (χ3v) is 3.69. The Bertz CT molecular complexity index is 256. The maximum Gasteiger partial charge on any atom is 0.225 e. The molecule has 0 aromatic carbocycles. The topological polar surface area (TPSA) is 52.6 Å². The van der Waals surface area contributed by atoms with Gasteiger partial charge in [-0.3, -0.25) is 4.79 Å². The Balaban J connectivity index is 2.51. The van der Waals surface area contributed by atoms with Crippen LogP contribution in [0.15, 0.2) is 0 Å². The van der Waals surface area contributed by atoms with Crippen LogP contribution in [0.5, 0.6) is 0 Å². The Labute approximate surface area is 111 Å². The molecule has 1 fully saturated rings. The first-order valence-corrected chi connectivity index (χ1v) is 7.21. The minimum absolute atomic E-state index is 0.0821. The van der Waals surface area contributed by atoms with Crippen molar-refractivity contribution in [2.24, 2.45) is 11.8 Å². The number of carbonyl (C=O) groups is 1. The van der Waals surface area contributed by atoms with Crippen molar-refractivity contribution in [2.75, 3.05) is 26.2 Å². The number of carbonyl (C=O) groups excluding carboxylic acids is 1. The molecule has 106 valence electrons. The van der Waals surface area contributed by atoms with Gasteiger partial charge < -0.3 is 15.3 Å². The van der Waals surface area contributed by atoms with Crippen LogP contribution in [-0.4, -0.2) is 48.2 Å². The van der Waals surface area contributed by atoms with E-state index in [-0.39, 0.29) is 18.4 Å². The minimum Gasteiger partial charge on any atom is -0.396 e. The molecule has 1 amide bonds. The lowest BCUT2D eigenvalue weighted by molar-refractivity contribution is -0.136. The third kappa shape index (κ3) is 4.58. The summed E-state index contributed by atoms with van der Waals surface area (Å²) in [4.78, 5) is 14.1. The van der Waals surface area contributed by atoms with Crippen LogP contribution in [0, 0.1) is 11.8 Å². The first-order valence-electron chi connectivity index (χ1n) is 7.21. The summed E-state index contributed by atoms with van der Waals surface area (Å²) in [5.74, 6) is 0.953. The molecule has 1 saturated heterocycles. The van der Waals surface area contributed by atoms with Gasteiger partial charge in [-0.2, -0.15) is 0 Å². The van der Waals surface area contributed by atoms with Crippen LogP contribution in [0.3, 0.4) is 0 Å². The average molecular weight is 256 g/mol. The van der Waals surface area contributed by atoms with Crippen molar-refractivity contribution >= 4 is 5.91 Å². The Morgan fingerprint density at radius 1 is 1.44 bits per heavy atom. The third-order valence-electron chi connectivity index (χ3n) is 3.69. The highest BCUT2D eigenvalue weighted by molar-refractivity contribution is 5.78. The monoisotopic (exact) mass is 256 g/mol. The molecule has 4 heteroatoms. The van der Waals surface area contributed by atoms with E-state index in [4.69, 9.17) is 5.11 Å². The second kappa shape index (κ2) is 7.74. The molecule has 1 aliphatic rings. The maximum atomic E-state index is 12.1. The zero-order chi connectivity index (χ0) is 13.5. The summed E-state index contributed by atoms with van der Waals surface area (Å²) >= 11 is 0. The molecule has 0 bridgehead atoms. The number of rotatable bonds is 6. The van der Waals surface area contributed by atoms with Crippen LogP contribution in [0.2, 0.25) is 0 Å². The van der Waals surface area contributed by atoms with Gasteiger partial charge in [-0.25, -0.2) is 0 Å². The molecule has 1 aliphatic heterocycles. The Kier molecular flexibility index (Phi) is 6.65. The molecule has 1 rings (SSSR count). The van der Waals surface area contributed by atoms with E-state index in [9.17, 15) is 4.79 Å². The van der Waals surface area contributed by atoms with Gasteiger partial charge in [0, 0.05) is 31.7 Å². The molecule has 1 heterocycles. The fourth-order valence-corrected chi connectivity index (χ4v) is 2.58. The first kappa shape index (κ1) is 15.4. The van der Waals surface area contributed by atoms with Crippen molar-refractivity contribution in [3.8, 4) is 0 Å². The number of hydrogen-bond donors (Lipinski definition) is 2. The van der Waals surface area contributed by atoms with Gasteiger partial charge in [-0.05, 0) is 25.3 Å². The smallest absolute Gasteiger partial charge is 0.225 e. The van der Waals surface area contributed by atoms with Gasteiger partial charge in [0.1, 0.15) is 0 Å². The lowest BCUT2D eigenvalue weighted by Crippen LogP contribution is -2.52. The van der Waals surface area contributed by atoms with Gasteiger partial charge >= 0.3 is 0 Å². The summed E-state index contributed by atoms with van der Waals surface area (Å²) in [7, 11) is 0. The summed E-state index contributed by atoms with van der Waals surface area (Å²) in [5.41, 5.74) is 0. The summed E-state index contributed by atoms with van der Waals surface area (Å²) in [6.45, 7) is 8.91. The summed E-state index contributed by atoms with van der Waals surface area (Å²) in [6.07, 6.45) is 3.05. The van der Waals surface area contributed by atoms with E-state index in [1.807, 2.05) is 18.7 Å². The first-order chi connectivity index (χ1) is 8.58. The van der Waals surface area contributed by atoms with Crippen LogP contribution in [0.25, 0.3) is 0 Å². The zero-order valence-electron chi connectivity index (χ0n) is 12.0. The van der Waals surface area contributed by atoms with Crippen molar-refractivity contribution < 1.29 is 9.90 Å². The second-order valence-corrected chi connectivity index (χ2v) is 5.64. The molecule has 0 radical (unpaired) electrons. The molecule has 0 aromatic heterocycles. The van der Waals surface area contributed by atoms with Crippen LogP contribution in [0.4, 0.5) is 0 Å². The summed E-state index contributed by atoms with van der Waals surface area (Å²) < 4.78 is 0. The maximum absolute atomic E-state index is 12.1. The molecule has 2 N–H and O–H groups in total. The minimum atomic E-state index is 0.0821. The van der Waals surface area contributed by atoms with Gasteiger partial charge in [0.2, 0.25) is 5.91 Å². The van der Waals surface area contributed by atoms with Gasteiger partial charge in [0.05, 0.1) is 0 Å². The SMILES string of the molecule is CCC1CC(NCCCO)CN(C(=O)C(C)C)C1. The molecule has 4 nitrogen and oxygen atoms in total. The van der Waals surface area contributed by atoms with Crippen LogP contribution >= 0.6 is 0 Å². The predicted molar refractivity (Wildman–Crippen MR) is 73.3 cm³/mol. The van der Waals surface area contributed by atoms with Crippen LogP contribution in [-0.2, 0) is 4.79 Å². The average Bonchev–Trinajstić information content (AvgIpc) is 2.37. The highest BCUT2D eigenvalue weighted by atomic mass is 16.3. The zero-order valence-corrected chi connectivity index (χ0v) is 12.0. The normalized spacial score (nSPS) is 24.6. The van der Waals surface area contributed by atoms with E-state index in [1.54, 1.807) is 0 Å². The van der Waals surface area contributed by atoms with Crippen LogP contribution < -0.4 is 5.32 Å². The number of hydrogen-bond acceptors (Lipinski definition) is 3. The lowest BCUT2D eigenvalue weighted by Gasteiger charge is -2.39. The number of amides is 1. The summed E-state index contributed by atoms with van der Waals surface area (Å²) in [6, 6.07) is 0.387. The van der Waals surface area contributed by atoms with E-state index >= 15 is 0 Å². The fraction of sp³-hybridized carbons (Fsp3) is 0.929. The molecule has 0 aliphatic carbocycles. The Hall–Kier alpha value is -0.610. The largest absolute Gasteiger partial charge is 0.396 e. The van der Waals surface area contributed by atoms with Gasteiger partial charge in [-0.15, -0.1) is 0 Å². The van der Waals surface area contributed by atoms with Crippen molar-refractivity contribution in [3.05, 3.63) is 0 Å². The number of aliphatic hydroxyl groups is 1. The molecule has 2 unspecified atom stereocenters. The van der Waals surface area contributed by atoms with Crippen LogP contribution in [0.1, 0.15) is 40.0 Å². The molecular formula is C14H28N2O2. The van der Waals surface area contributed by atoms with E-state index in [1.165, 1.54) is 0 Å². The molecule has 0 aromatic rings. The molecule has 0 spiro atoms. The van der Waals surface area contributed by atoms with Crippen molar-refractivity contribution in [3.63, 3.8) is 0 Å². The highest BCUT2D eigenvalue weighted by Gasteiger charge is 2.29. The van der Waals surface area contributed by atoms with Gasteiger partial charge in [-0.1, -0.05) is 27.2 Å². The standard InChI is InChI=1S/C14H28N2O2/c1-4-12-8-13(15-6-5-7-17)10-16(9-12)14(18)11(2)3/h11-13,15,17H,4-10H2,1-3H3. The van der Waals surface area contributed by atoms with Crippen molar-refractivity contribution in [2.45, 2.75) is 46.1 Å². The molecular weight excluding hydrogens is 228 g/mol. The van der Waals surface area contributed by atoms with E-state index in [0.29, 0.717) is 12.0 Å². The Morgan fingerprint density at radius 2 is 2.17 bits per heavy atom. The highest BCUT2D eigenvalue weighted by Crippen LogP contribution is 2.21. The molecule has 0 saturated carbocycles. The number of nitrogens with zero attached hydrogens (tertiary/aromatic N) is 1. The quantitative estimate of drug-likeness (QED) is 0.703. The van der Waals surface area contributed by atoms with E-state index in [2.05, 4.69) is 12.2 Å². The Morgan fingerprint density at radius 3 is 2.72 bits per heavy atom. The number of nitrogens with one attached hydrogen (secondary N) is 1. The fourth-order valence-electron chi connectivity index (χ4n) is 2.58. The van der Waals surface area contributed by atoms with Gasteiger partial charge in [0.15, 0.2) is 0 Å². The van der Waals surface area contributed by atoms with E-state index in [0.717, 1.165) is 38.9 Å². The number of piperidine rings is 1. The van der Waals surface area contributed by atoms with E-state index < -0.39 is 0 Å². The van der Waals surface area contributed by atoms with Crippen molar-refractivity contribution in [1.29, 1.82) is 0 Å². The van der Waals surface area contributed by atoms with Gasteiger partial charge in [0.25, 0.3) is 0 Å². The van der Waals surface area contributed by atoms with Crippen molar-refractivity contribution in [1.82, 2.24) is 10.2 Å². The lowest BCUT2D eigenvalue weighted by atomic mass is 9.91. The molecule has 18 heavy (non-hydrogen) atoms. The number of aliphatic hydroxyl groups excluding tert-OH is 1. The second-order valence-electron chi connectivity index (χ2n) is 5.64. The predicted octanol–water partition coefficient (Wildman–Crippen LogP) is 1.24. The number of likely N-dealkylation sites (tertiary alicyclic amines) is 1.